The van der Waals surface area contributed by atoms with E-state index in [1.165, 1.54) is 79.0 Å². The summed E-state index contributed by atoms with van der Waals surface area (Å²) in [6, 6.07) is 23.2. The smallest absolute Gasteiger partial charge is 0.0542 e. The molecule has 34 heavy (non-hydrogen) atoms. The highest BCUT2D eigenvalue weighted by atomic mass is 32.1. The van der Waals surface area contributed by atoms with Gasteiger partial charge in [-0.15, -0.1) is 68.0 Å². The van der Waals surface area contributed by atoms with Gasteiger partial charge in [0.05, 0.1) is 9.40 Å². The number of benzene rings is 2. The molecule has 6 aromatic heterocycles. The molecule has 0 unspecified atom stereocenters. The van der Waals surface area contributed by atoms with Crippen molar-refractivity contribution in [2.24, 2.45) is 0 Å². The predicted octanol–water partition coefficient (Wildman–Crippen LogP) is 11.8. The fourth-order valence-corrected chi connectivity index (χ4v) is 11.8. The average molecular weight is 545 g/mol. The lowest BCUT2D eigenvalue weighted by atomic mass is 10.1. The van der Waals surface area contributed by atoms with Crippen LogP contribution in [0.5, 0.6) is 0 Å². The number of fused-ring (bicyclic) bond motifs is 9. The Bertz CT molecular complexity index is 1900. The van der Waals surface area contributed by atoms with Crippen LogP contribution in [0.25, 0.3) is 69.3 Å². The molecule has 0 N–H and O–H groups in total. The second-order valence-corrected chi connectivity index (χ2v) is 15.4. The Morgan fingerprint density at radius 2 is 0.853 bits per heavy atom. The van der Waals surface area contributed by atoms with E-state index in [2.05, 4.69) is 74.5 Å². The van der Waals surface area contributed by atoms with Crippen LogP contribution in [0.15, 0.2) is 60.7 Å². The molecule has 8 aromatic rings. The van der Waals surface area contributed by atoms with Crippen molar-refractivity contribution in [3.63, 3.8) is 0 Å². The number of thiophene rings is 6. The van der Waals surface area contributed by atoms with E-state index in [4.69, 9.17) is 0 Å². The van der Waals surface area contributed by atoms with E-state index in [0.29, 0.717) is 0 Å². The molecule has 0 aliphatic carbocycles. The molecule has 6 heterocycles. The summed E-state index contributed by atoms with van der Waals surface area (Å²) >= 11 is 11.6. The molecule has 0 saturated carbocycles. The highest BCUT2D eigenvalue weighted by molar-refractivity contribution is 7.38. The molecule has 0 spiro atoms. The van der Waals surface area contributed by atoms with Crippen LogP contribution in [0.2, 0.25) is 0 Å². The molecule has 0 aliphatic rings. The van der Waals surface area contributed by atoms with Crippen LogP contribution >= 0.6 is 68.0 Å². The first-order valence-electron chi connectivity index (χ1n) is 11.0. The van der Waals surface area contributed by atoms with Crippen LogP contribution in [-0.4, -0.2) is 0 Å². The second-order valence-electron chi connectivity index (χ2n) is 8.61. The van der Waals surface area contributed by atoms with Crippen molar-refractivity contribution in [3.05, 3.63) is 70.4 Å². The van der Waals surface area contributed by atoms with Gasteiger partial charge in [0.1, 0.15) is 0 Å². The van der Waals surface area contributed by atoms with Gasteiger partial charge >= 0.3 is 0 Å². The second kappa shape index (κ2) is 7.23. The van der Waals surface area contributed by atoms with Gasteiger partial charge in [-0.3, -0.25) is 0 Å². The van der Waals surface area contributed by atoms with Crippen LogP contribution < -0.4 is 0 Å². The lowest BCUT2D eigenvalue weighted by molar-refractivity contribution is 1.64. The molecule has 8 rings (SSSR count). The molecule has 0 amide bonds. The largest absolute Gasteiger partial charge is 0.140 e. The van der Waals surface area contributed by atoms with Crippen LogP contribution in [0.1, 0.15) is 9.75 Å². The van der Waals surface area contributed by atoms with Gasteiger partial charge in [0.25, 0.3) is 0 Å². The van der Waals surface area contributed by atoms with Gasteiger partial charge in [-0.25, -0.2) is 0 Å². The zero-order valence-corrected chi connectivity index (χ0v) is 23.1. The molecule has 0 bridgehead atoms. The third kappa shape index (κ3) is 2.84. The van der Waals surface area contributed by atoms with Crippen molar-refractivity contribution in [2.45, 2.75) is 13.8 Å². The number of aryl methyl sites for hydroxylation is 2. The average Bonchev–Trinajstić information content (AvgIpc) is 3.62. The maximum Gasteiger partial charge on any atom is 0.0542 e. The topological polar surface area (TPSA) is 0 Å². The standard InChI is InChI=1S/C28H16S6/c1-13-3-7-21(29-13)23-11-17-19(31-23)9-5-15-25(17)33-28-16-6-10-20-18(26(16)34-27(15)28)12-24(32-20)22-8-4-14(2)30-22/h3-12H,1-2H3. The Balaban J connectivity index is 1.37. The van der Waals surface area contributed by atoms with Crippen molar-refractivity contribution in [3.8, 4) is 19.5 Å². The van der Waals surface area contributed by atoms with Crippen LogP contribution in [0, 0.1) is 13.8 Å². The van der Waals surface area contributed by atoms with E-state index >= 15 is 0 Å². The van der Waals surface area contributed by atoms with Crippen LogP contribution in [0.4, 0.5) is 0 Å². The first-order chi connectivity index (χ1) is 16.6. The first kappa shape index (κ1) is 20.2. The van der Waals surface area contributed by atoms with Crippen LogP contribution in [-0.2, 0) is 0 Å². The van der Waals surface area contributed by atoms with Gasteiger partial charge in [-0.2, -0.15) is 0 Å². The quantitative estimate of drug-likeness (QED) is 0.203. The lowest BCUT2D eigenvalue weighted by Crippen LogP contribution is -1.65. The van der Waals surface area contributed by atoms with Gasteiger partial charge in [-0.05, 0) is 62.4 Å². The molecule has 0 nitrogen and oxygen atoms in total. The van der Waals surface area contributed by atoms with Gasteiger partial charge in [0.15, 0.2) is 0 Å². The number of hydrogen-bond donors (Lipinski definition) is 0. The van der Waals surface area contributed by atoms with Crippen LogP contribution in [0.3, 0.4) is 0 Å². The Hall–Kier alpha value is -2.06. The highest BCUT2D eigenvalue weighted by Gasteiger charge is 2.18. The van der Waals surface area contributed by atoms with Crippen molar-refractivity contribution in [1.82, 2.24) is 0 Å². The van der Waals surface area contributed by atoms with Gasteiger partial charge in [0, 0.05) is 69.6 Å². The summed E-state index contributed by atoms with van der Waals surface area (Å²) in [7, 11) is 0. The molecular formula is C28H16S6. The molecule has 2 aromatic carbocycles. The Morgan fingerprint density at radius 1 is 0.382 bits per heavy atom. The van der Waals surface area contributed by atoms with Crippen molar-refractivity contribution >= 4 is 118 Å². The molecule has 0 radical (unpaired) electrons. The van der Waals surface area contributed by atoms with E-state index in [1.54, 1.807) is 0 Å². The summed E-state index contributed by atoms with van der Waals surface area (Å²) in [5.41, 5.74) is 0. The fourth-order valence-electron chi connectivity index (χ4n) is 4.78. The minimum absolute atomic E-state index is 1.37. The molecular weight excluding hydrogens is 529 g/mol. The number of hydrogen-bond acceptors (Lipinski definition) is 6. The van der Waals surface area contributed by atoms with Gasteiger partial charge in [0.2, 0.25) is 0 Å². The van der Waals surface area contributed by atoms with E-state index in [1.807, 2.05) is 68.0 Å². The van der Waals surface area contributed by atoms with E-state index in [9.17, 15) is 0 Å². The molecule has 0 aliphatic heterocycles. The number of rotatable bonds is 2. The lowest BCUT2D eigenvalue weighted by Gasteiger charge is -1.94. The summed E-state index contributed by atoms with van der Waals surface area (Å²) in [4.78, 5) is 8.28. The Morgan fingerprint density at radius 3 is 1.26 bits per heavy atom. The van der Waals surface area contributed by atoms with Crippen molar-refractivity contribution in [2.75, 3.05) is 0 Å². The van der Waals surface area contributed by atoms with E-state index < -0.39 is 0 Å². The normalized spacial score (nSPS) is 12.4. The van der Waals surface area contributed by atoms with Crippen molar-refractivity contribution in [1.29, 1.82) is 0 Å². The monoisotopic (exact) mass is 544 g/mol. The SMILES string of the molecule is Cc1ccc(-c2cc3c(ccc4c3sc3c5ccc6sc(-c7ccc(C)s7)cc6c5sc43)s2)s1. The van der Waals surface area contributed by atoms with Crippen molar-refractivity contribution < 1.29 is 0 Å². The third-order valence-electron chi connectivity index (χ3n) is 6.37. The maximum absolute atomic E-state index is 2.42. The van der Waals surface area contributed by atoms with Gasteiger partial charge < -0.3 is 0 Å². The Kier molecular flexibility index (Phi) is 4.29. The zero-order valence-electron chi connectivity index (χ0n) is 18.2. The zero-order chi connectivity index (χ0) is 22.6. The van der Waals surface area contributed by atoms with E-state index in [-0.39, 0.29) is 0 Å². The molecule has 164 valence electrons. The fraction of sp³-hybridized carbons (Fsp3) is 0.0714. The summed E-state index contributed by atoms with van der Waals surface area (Å²) < 4.78 is 8.56. The predicted molar refractivity (Wildman–Crippen MR) is 162 cm³/mol. The third-order valence-corrected chi connectivity index (χ3v) is 13.6. The summed E-state index contributed by atoms with van der Waals surface area (Å²) in [6.07, 6.45) is 0. The Labute approximate surface area is 220 Å². The minimum atomic E-state index is 1.37. The van der Waals surface area contributed by atoms with E-state index in [0.717, 1.165) is 0 Å². The highest BCUT2D eigenvalue weighted by Crippen LogP contribution is 2.51. The molecule has 6 heteroatoms. The maximum atomic E-state index is 2.42. The molecule has 0 fully saturated rings. The summed E-state index contributed by atoms with van der Waals surface area (Å²) in [6.45, 7) is 4.38. The minimum Gasteiger partial charge on any atom is -0.140 e. The molecule has 0 saturated heterocycles. The van der Waals surface area contributed by atoms with Gasteiger partial charge in [-0.1, -0.05) is 12.1 Å². The summed E-state index contributed by atoms with van der Waals surface area (Å²) in [5.74, 6) is 0. The molecule has 0 atom stereocenters. The first-order valence-corrected chi connectivity index (χ1v) is 15.9. The summed E-state index contributed by atoms with van der Waals surface area (Å²) in [5, 5.41) is 5.66.